The summed E-state index contributed by atoms with van der Waals surface area (Å²) in [6, 6.07) is 0. The zero-order valence-corrected chi connectivity index (χ0v) is 22.8. The van der Waals surface area contributed by atoms with Crippen LogP contribution in [0, 0.1) is 17.8 Å². The van der Waals surface area contributed by atoms with Gasteiger partial charge in [0.25, 0.3) is 0 Å². The first-order chi connectivity index (χ1) is 15.5. The smallest absolute Gasteiger partial charge is 0.185 e. The van der Waals surface area contributed by atoms with Crippen LogP contribution in [-0.2, 0) is 9.59 Å². The van der Waals surface area contributed by atoms with Gasteiger partial charge in [-0.05, 0) is 63.4 Å². The van der Waals surface area contributed by atoms with Crippen molar-refractivity contribution in [2.75, 3.05) is 0 Å². The lowest BCUT2D eigenvalue weighted by molar-refractivity contribution is -0.116. The van der Waals surface area contributed by atoms with Crippen molar-refractivity contribution < 1.29 is 14.7 Å². The van der Waals surface area contributed by atoms with Crippen LogP contribution in [0.2, 0.25) is 0 Å². The Morgan fingerprint density at radius 1 is 0.818 bits per heavy atom. The largest absolute Gasteiger partial charge is 0.390 e. The first-order valence-corrected chi connectivity index (χ1v) is 13.7. The summed E-state index contributed by atoms with van der Waals surface area (Å²) in [7, 11) is 0. The van der Waals surface area contributed by atoms with Crippen LogP contribution in [0.3, 0.4) is 0 Å². The number of carbonyl (C=O) groups excluding carboxylic acids is 2. The van der Waals surface area contributed by atoms with Gasteiger partial charge in [-0.2, -0.15) is 0 Å². The van der Waals surface area contributed by atoms with Gasteiger partial charge in [0.1, 0.15) is 0 Å². The maximum Gasteiger partial charge on any atom is 0.185 e. The van der Waals surface area contributed by atoms with Crippen molar-refractivity contribution in [1.29, 1.82) is 0 Å². The predicted molar refractivity (Wildman–Crippen MR) is 140 cm³/mol. The molecule has 33 heavy (non-hydrogen) atoms. The van der Waals surface area contributed by atoms with E-state index in [-0.39, 0.29) is 11.6 Å². The zero-order valence-electron chi connectivity index (χ0n) is 22.8. The van der Waals surface area contributed by atoms with Crippen LogP contribution in [0.4, 0.5) is 0 Å². The van der Waals surface area contributed by atoms with Crippen LogP contribution >= 0.6 is 0 Å². The number of allylic oxidation sites excluding steroid dienone is 4. The third-order valence-corrected chi connectivity index (χ3v) is 7.34. The van der Waals surface area contributed by atoms with Gasteiger partial charge < -0.3 is 5.11 Å². The second-order valence-electron chi connectivity index (χ2n) is 11.6. The Hall–Kier alpha value is -1.22. The third kappa shape index (κ3) is 11.7. The van der Waals surface area contributed by atoms with Gasteiger partial charge in [0.05, 0.1) is 5.60 Å². The molecule has 0 aliphatic heterocycles. The second-order valence-corrected chi connectivity index (χ2v) is 11.6. The summed E-state index contributed by atoms with van der Waals surface area (Å²) < 4.78 is 0. The summed E-state index contributed by atoms with van der Waals surface area (Å²) in [5.41, 5.74) is 1.03. The van der Waals surface area contributed by atoms with Gasteiger partial charge in [-0.25, -0.2) is 0 Å². The van der Waals surface area contributed by atoms with Gasteiger partial charge in [0, 0.05) is 16.7 Å². The van der Waals surface area contributed by atoms with Crippen LogP contribution in [0.15, 0.2) is 22.8 Å². The third-order valence-electron chi connectivity index (χ3n) is 7.34. The van der Waals surface area contributed by atoms with Crippen molar-refractivity contribution in [1.82, 2.24) is 0 Å². The van der Waals surface area contributed by atoms with Crippen LogP contribution < -0.4 is 0 Å². The Kier molecular flexibility index (Phi) is 13.5. The van der Waals surface area contributed by atoms with E-state index in [1.54, 1.807) is 6.92 Å². The number of aliphatic hydroxyl groups is 1. The Balaban J connectivity index is 2.37. The van der Waals surface area contributed by atoms with Gasteiger partial charge in [0.15, 0.2) is 11.6 Å². The monoisotopic (exact) mass is 460 g/mol. The maximum absolute atomic E-state index is 12.7. The summed E-state index contributed by atoms with van der Waals surface area (Å²) >= 11 is 0. The van der Waals surface area contributed by atoms with Crippen molar-refractivity contribution in [2.45, 2.75) is 138 Å². The number of carbonyl (C=O) groups is 2. The van der Waals surface area contributed by atoms with E-state index in [0.717, 1.165) is 37.5 Å². The summed E-state index contributed by atoms with van der Waals surface area (Å²) in [5.74, 6) is 2.30. The molecular weight excluding hydrogens is 408 g/mol. The highest BCUT2D eigenvalue weighted by Crippen LogP contribution is 2.30. The molecule has 0 aromatic heterocycles. The summed E-state index contributed by atoms with van der Waals surface area (Å²) in [5, 5.41) is 10.9. The molecule has 0 bridgehead atoms. The lowest BCUT2D eigenvalue weighted by atomic mass is 9.82. The van der Waals surface area contributed by atoms with Crippen molar-refractivity contribution in [2.24, 2.45) is 17.8 Å². The first-order valence-electron chi connectivity index (χ1n) is 13.7. The average Bonchev–Trinajstić information content (AvgIpc) is 2.71. The average molecular weight is 461 g/mol. The van der Waals surface area contributed by atoms with E-state index in [4.69, 9.17) is 0 Å². The SMILES string of the molecule is CCCC1=C(CCC(C)(O)CCCC(C)CCCC(C)CCCC(C)C)C(=O)C(C)=CC1=O. The van der Waals surface area contributed by atoms with E-state index in [1.165, 1.54) is 44.6 Å². The lowest BCUT2D eigenvalue weighted by Crippen LogP contribution is -2.26. The molecule has 1 N–H and O–H groups in total. The Bertz CT molecular complexity index is 681. The molecule has 1 aliphatic rings. The molecule has 1 rings (SSSR count). The molecule has 0 radical (unpaired) electrons. The number of rotatable bonds is 17. The van der Waals surface area contributed by atoms with Gasteiger partial charge in [-0.3, -0.25) is 9.59 Å². The van der Waals surface area contributed by atoms with Crippen molar-refractivity contribution >= 4 is 11.6 Å². The van der Waals surface area contributed by atoms with Gasteiger partial charge in [-0.15, -0.1) is 0 Å². The molecule has 190 valence electrons. The van der Waals surface area contributed by atoms with E-state index in [2.05, 4.69) is 27.7 Å². The normalized spacial score (nSPS) is 18.5. The fourth-order valence-electron chi connectivity index (χ4n) is 4.99. The minimum Gasteiger partial charge on any atom is -0.390 e. The number of hydrogen-bond donors (Lipinski definition) is 1. The van der Waals surface area contributed by atoms with Crippen molar-refractivity contribution in [3.63, 3.8) is 0 Å². The lowest BCUT2D eigenvalue weighted by Gasteiger charge is -2.26. The zero-order chi connectivity index (χ0) is 25.0. The molecule has 1 aliphatic carbocycles. The molecule has 3 unspecified atom stereocenters. The van der Waals surface area contributed by atoms with E-state index in [1.807, 2.05) is 13.8 Å². The second kappa shape index (κ2) is 14.9. The number of hydrogen-bond acceptors (Lipinski definition) is 3. The van der Waals surface area contributed by atoms with Gasteiger partial charge in [-0.1, -0.05) is 92.4 Å². The molecule has 3 heteroatoms. The highest BCUT2D eigenvalue weighted by Gasteiger charge is 2.28. The molecule has 0 aromatic carbocycles. The Morgan fingerprint density at radius 3 is 1.91 bits per heavy atom. The summed E-state index contributed by atoms with van der Waals surface area (Å²) in [6.45, 7) is 15.0. The van der Waals surface area contributed by atoms with E-state index < -0.39 is 5.60 Å². The predicted octanol–water partition coefficient (Wildman–Crippen LogP) is 8.15. The van der Waals surface area contributed by atoms with Gasteiger partial charge in [0.2, 0.25) is 0 Å². The quantitative estimate of drug-likeness (QED) is 0.223. The van der Waals surface area contributed by atoms with E-state index in [9.17, 15) is 14.7 Å². The highest BCUT2D eigenvalue weighted by atomic mass is 16.3. The molecule has 0 saturated carbocycles. The summed E-state index contributed by atoms with van der Waals surface area (Å²) in [4.78, 5) is 25.0. The van der Waals surface area contributed by atoms with Crippen LogP contribution in [0.5, 0.6) is 0 Å². The molecule has 3 atom stereocenters. The fourth-order valence-corrected chi connectivity index (χ4v) is 4.99. The molecule has 0 amide bonds. The molecule has 0 fully saturated rings. The minimum absolute atomic E-state index is 0.0130. The standard InChI is InChI=1S/C30H52O3/c1-8-12-26-27(29(32)25(6)21-28(26)31)18-20-30(7,33)19-11-17-24(5)16-10-15-23(4)14-9-13-22(2)3/h21-24,33H,8-20H2,1-7H3. The molecular formula is C30H52O3. The maximum atomic E-state index is 12.7. The minimum atomic E-state index is -0.798. The number of Topliss-reactive ketones (excluding diaryl/α,β-unsaturated/α-hetero) is 1. The van der Waals surface area contributed by atoms with E-state index >= 15 is 0 Å². The molecule has 0 saturated heterocycles. The van der Waals surface area contributed by atoms with Crippen molar-refractivity contribution in [3.05, 3.63) is 22.8 Å². The molecule has 0 spiro atoms. The first kappa shape index (κ1) is 29.8. The van der Waals surface area contributed by atoms with Crippen LogP contribution in [-0.4, -0.2) is 22.3 Å². The van der Waals surface area contributed by atoms with E-state index in [0.29, 0.717) is 41.9 Å². The van der Waals surface area contributed by atoms with Gasteiger partial charge >= 0.3 is 0 Å². The fraction of sp³-hybridized carbons (Fsp3) is 0.800. The topological polar surface area (TPSA) is 54.4 Å². The van der Waals surface area contributed by atoms with Crippen molar-refractivity contribution in [3.8, 4) is 0 Å². The molecule has 0 heterocycles. The molecule has 3 nitrogen and oxygen atoms in total. The summed E-state index contributed by atoms with van der Waals surface area (Å²) in [6.07, 6.45) is 14.8. The number of ketones is 2. The Labute approximate surface area is 204 Å². The Morgan fingerprint density at radius 2 is 1.36 bits per heavy atom. The molecule has 0 aromatic rings. The van der Waals surface area contributed by atoms with Crippen LogP contribution in [0.25, 0.3) is 0 Å². The highest BCUT2D eigenvalue weighted by molar-refractivity contribution is 6.22. The van der Waals surface area contributed by atoms with Crippen LogP contribution in [0.1, 0.15) is 132 Å².